The number of ketones is 1. The molecule has 2 bridgehead atoms. The van der Waals surface area contributed by atoms with E-state index in [4.69, 9.17) is 15.2 Å². The molecule has 3 fully saturated rings. The van der Waals surface area contributed by atoms with E-state index in [1.165, 1.54) is 0 Å². The third kappa shape index (κ3) is 5.17. The van der Waals surface area contributed by atoms with Crippen molar-refractivity contribution in [1.82, 2.24) is 10.6 Å². The minimum Gasteiger partial charge on any atom is -0.449 e. The van der Waals surface area contributed by atoms with Crippen molar-refractivity contribution in [2.45, 2.75) is 78.4 Å². The SMILES string of the molecule is C=C[C@]1(C)C[C@@H](OC(=O)NC(=O)OCCCNC(=O)C(N)=O)[C@@]2(C)C(C)CC[C@]3(CCC(=O)[C@H]32)[C@@H](C)[C@@H]1O. The normalized spacial score (nSPS) is 38.1. The van der Waals surface area contributed by atoms with Crippen LogP contribution in [0.1, 0.15) is 66.2 Å². The molecule has 11 nitrogen and oxygen atoms in total. The number of Topliss-reactive ketones (excluding diaryl/α,β-unsaturated/α-hetero) is 1. The predicted molar refractivity (Wildman–Crippen MR) is 136 cm³/mol. The summed E-state index contributed by atoms with van der Waals surface area (Å²) >= 11 is 0. The number of ether oxygens (including phenoxy) is 2. The van der Waals surface area contributed by atoms with Crippen LogP contribution in [0.3, 0.4) is 0 Å². The molecule has 11 heteroatoms. The third-order valence-electron chi connectivity index (χ3n) is 9.82. The number of hydrogen-bond acceptors (Lipinski definition) is 8. The molecule has 3 aliphatic carbocycles. The van der Waals surface area contributed by atoms with Crippen LogP contribution in [0.5, 0.6) is 0 Å². The van der Waals surface area contributed by atoms with Crippen LogP contribution >= 0.6 is 0 Å². The molecule has 212 valence electrons. The first-order valence-corrected chi connectivity index (χ1v) is 13.3. The molecule has 0 aromatic carbocycles. The van der Waals surface area contributed by atoms with Crippen molar-refractivity contribution in [3.63, 3.8) is 0 Å². The Bertz CT molecular complexity index is 1000. The second-order valence-corrected chi connectivity index (χ2v) is 11.7. The van der Waals surface area contributed by atoms with E-state index >= 15 is 0 Å². The molecule has 0 radical (unpaired) electrons. The molecular formula is C27H41N3O8. The summed E-state index contributed by atoms with van der Waals surface area (Å²) in [5.41, 5.74) is 2.94. The molecule has 0 saturated heterocycles. The molecule has 3 rings (SSSR count). The quantitative estimate of drug-likeness (QED) is 0.227. The average molecular weight is 536 g/mol. The molecule has 0 aliphatic heterocycles. The number of imide groups is 1. The standard InChI is InChI=1S/C27H41N3O8/c1-6-25(4)14-18(38-24(36)30-23(35)37-13-7-12-29-22(34)21(28)33)26(5)15(2)8-10-27(16(3)20(25)32)11-9-17(31)19(26)27/h6,15-16,18-20,32H,1,7-14H2,2-5H3,(H2,28,33)(H,29,34)(H,30,35,36)/t15?,16-,18+,19-,20-,25+,26+,27-/m0/s1. The van der Waals surface area contributed by atoms with Crippen molar-refractivity contribution >= 4 is 29.8 Å². The number of carbonyl (C=O) groups excluding carboxylic acids is 5. The topological polar surface area (TPSA) is 174 Å². The maximum atomic E-state index is 13.4. The fourth-order valence-corrected chi connectivity index (χ4v) is 7.31. The second-order valence-electron chi connectivity index (χ2n) is 11.7. The van der Waals surface area contributed by atoms with Gasteiger partial charge in [-0.05, 0) is 49.4 Å². The number of aliphatic hydroxyl groups excluding tert-OH is 1. The minimum absolute atomic E-state index is 0.0515. The molecule has 38 heavy (non-hydrogen) atoms. The zero-order chi connectivity index (χ0) is 28.5. The molecule has 4 amide bonds. The molecule has 8 atom stereocenters. The first-order valence-electron chi connectivity index (χ1n) is 13.3. The Morgan fingerprint density at radius 1 is 1.18 bits per heavy atom. The summed E-state index contributed by atoms with van der Waals surface area (Å²) in [6.45, 7) is 11.9. The average Bonchev–Trinajstić information content (AvgIpc) is 3.22. The first kappa shape index (κ1) is 29.6. The fourth-order valence-electron chi connectivity index (χ4n) is 7.31. The lowest BCUT2D eigenvalue weighted by molar-refractivity contribution is -0.191. The van der Waals surface area contributed by atoms with Gasteiger partial charge in [-0.3, -0.25) is 14.4 Å². The number of nitrogens with one attached hydrogen (secondary N) is 2. The summed E-state index contributed by atoms with van der Waals surface area (Å²) in [5, 5.41) is 15.9. The number of rotatable bonds is 6. The molecule has 0 spiro atoms. The van der Waals surface area contributed by atoms with E-state index in [2.05, 4.69) is 24.1 Å². The summed E-state index contributed by atoms with van der Waals surface area (Å²) in [4.78, 5) is 60.3. The van der Waals surface area contributed by atoms with E-state index in [-0.39, 0.29) is 49.5 Å². The highest BCUT2D eigenvalue weighted by atomic mass is 16.6. The monoisotopic (exact) mass is 535 g/mol. The smallest absolute Gasteiger partial charge is 0.416 e. The van der Waals surface area contributed by atoms with Crippen LogP contribution in [0.2, 0.25) is 0 Å². The van der Waals surface area contributed by atoms with E-state index in [0.717, 1.165) is 12.8 Å². The van der Waals surface area contributed by atoms with Gasteiger partial charge in [0.2, 0.25) is 0 Å². The Hall–Kier alpha value is -2.95. The summed E-state index contributed by atoms with van der Waals surface area (Å²) < 4.78 is 10.9. The Balaban J connectivity index is 1.76. The second kappa shape index (κ2) is 11.0. The van der Waals surface area contributed by atoms with E-state index in [1.54, 1.807) is 6.08 Å². The zero-order valence-corrected chi connectivity index (χ0v) is 22.7. The summed E-state index contributed by atoms with van der Waals surface area (Å²) in [7, 11) is 0. The number of nitrogens with two attached hydrogens (primary N) is 1. The largest absolute Gasteiger partial charge is 0.449 e. The number of alkyl carbamates (subject to hydrolysis) is 2. The van der Waals surface area contributed by atoms with Crippen LogP contribution in [0.25, 0.3) is 0 Å². The number of carbonyl (C=O) groups is 5. The molecule has 1 unspecified atom stereocenters. The maximum Gasteiger partial charge on any atom is 0.416 e. The van der Waals surface area contributed by atoms with Gasteiger partial charge in [-0.25, -0.2) is 14.9 Å². The van der Waals surface area contributed by atoms with Crippen molar-refractivity contribution < 1.29 is 38.6 Å². The van der Waals surface area contributed by atoms with Crippen LogP contribution in [-0.2, 0) is 23.9 Å². The Kier molecular flexibility index (Phi) is 8.60. The molecule has 0 heterocycles. The lowest BCUT2D eigenvalue weighted by atomic mass is 9.44. The maximum absolute atomic E-state index is 13.4. The van der Waals surface area contributed by atoms with E-state index < -0.39 is 52.5 Å². The highest BCUT2D eigenvalue weighted by molar-refractivity contribution is 6.34. The van der Waals surface area contributed by atoms with Gasteiger partial charge in [-0.15, -0.1) is 6.58 Å². The molecule has 5 N–H and O–H groups in total. The van der Waals surface area contributed by atoms with Crippen LogP contribution in [0, 0.1) is 34.0 Å². The highest BCUT2D eigenvalue weighted by Gasteiger charge is 2.68. The molecule has 0 aromatic rings. The van der Waals surface area contributed by atoms with Crippen molar-refractivity contribution in [3.8, 4) is 0 Å². The summed E-state index contributed by atoms with van der Waals surface area (Å²) in [6.07, 6.45) is 1.30. The fraction of sp³-hybridized carbons (Fsp3) is 0.741. The Morgan fingerprint density at radius 3 is 2.50 bits per heavy atom. The van der Waals surface area contributed by atoms with Gasteiger partial charge in [-0.2, -0.15) is 0 Å². The van der Waals surface area contributed by atoms with Gasteiger partial charge in [0, 0.05) is 29.7 Å². The number of amides is 4. The Labute approximate surface area is 223 Å². The van der Waals surface area contributed by atoms with Gasteiger partial charge >= 0.3 is 24.0 Å². The van der Waals surface area contributed by atoms with Gasteiger partial charge in [0.1, 0.15) is 11.9 Å². The van der Waals surface area contributed by atoms with Crippen molar-refractivity contribution in [2.24, 2.45) is 39.7 Å². The van der Waals surface area contributed by atoms with Crippen LogP contribution in [0.15, 0.2) is 12.7 Å². The highest BCUT2D eigenvalue weighted by Crippen LogP contribution is 2.67. The summed E-state index contributed by atoms with van der Waals surface area (Å²) in [5.74, 6) is -2.40. The Morgan fingerprint density at radius 2 is 1.87 bits per heavy atom. The van der Waals surface area contributed by atoms with Crippen molar-refractivity contribution in [1.29, 1.82) is 0 Å². The van der Waals surface area contributed by atoms with Gasteiger partial charge in [-0.1, -0.05) is 33.8 Å². The molecule has 3 saturated carbocycles. The van der Waals surface area contributed by atoms with Crippen LogP contribution < -0.4 is 16.4 Å². The van der Waals surface area contributed by atoms with Crippen molar-refractivity contribution in [3.05, 3.63) is 12.7 Å². The van der Waals surface area contributed by atoms with Crippen LogP contribution in [-0.4, -0.2) is 60.3 Å². The van der Waals surface area contributed by atoms with Gasteiger partial charge in [0.15, 0.2) is 0 Å². The molecule has 3 aliphatic rings. The van der Waals surface area contributed by atoms with Gasteiger partial charge < -0.3 is 25.6 Å². The number of hydrogen-bond donors (Lipinski definition) is 4. The van der Waals surface area contributed by atoms with Gasteiger partial charge in [0.25, 0.3) is 0 Å². The predicted octanol–water partition coefficient (Wildman–Crippen LogP) is 2.20. The zero-order valence-electron chi connectivity index (χ0n) is 22.7. The number of aliphatic hydroxyl groups is 1. The molecular weight excluding hydrogens is 494 g/mol. The summed E-state index contributed by atoms with van der Waals surface area (Å²) in [6, 6.07) is 0. The molecule has 0 aromatic heterocycles. The van der Waals surface area contributed by atoms with E-state index in [0.29, 0.717) is 12.8 Å². The van der Waals surface area contributed by atoms with E-state index in [9.17, 15) is 29.1 Å². The minimum atomic E-state index is -1.12. The first-order chi connectivity index (χ1) is 17.7. The third-order valence-corrected chi connectivity index (χ3v) is 9.82. The van der Waals surface area contributed by atoms with E-state index in [1.807, 2.05) is 20.8 Å². The lowest BCUT2D eigenvalue weighted by Gasteiger charge is -2.61. The number of primary amides is 1. The van der Waals surface area contributed by atoms with Crippen molar-refractivity contribution in [2.75, 3.05) is 13.2 Å². The van der Waals surface area contributed by atoms with Gasteiger partial charge in [0.05, 0.1) is 12.7 Å². The van der Waals surface area contributed by atoms with Crippen LogP contribution in [0.4, 0.5) is 9.59 Å². The lowest BCUT2D eigenvalue weighted by Crippen LogP contribution is -2.63.